The molecule has 1 N–H and O–H groups in total. The molecule has 1 aromatic heterocycles. The fourth-order valence-electron chi connectivity index (χ4n) is 3.09. The molecule has 2 aliphatic rings. The molecule has 0 saturated carbocycles. The Morgan fingerprint density at radius 2 is 2.27 bits per heavy atom. The quantitative estimate of drug-likeness (QED) is 0.901. The maximum absolute atomic E-state index is 12.2. The van der Waals surface area contributed by atoms with E-state index in [0.29, 0.717) is 32.6 Å². The van der Waals surface area contributed by atoms with Crippen molar-refractivity contribution in [2.45, 2.75) is 32.4 Å². The number of amides is 2. The van der Waals surface area contributed by atoms with E-state index < -0.39 is 10.0 Å². The van der Waals surface area contributed by atoms with Gasteiger partial charge in [0.1, 0.15) is 0 Å². The fourth-order valence-corrected chi connectivity index (χ4v) is 5.66. The van der Waals surface area contributed by atoms with Crippen LogP contribution in [-0.4, -0.2) is 55.1 Å². The summed E-state index contributed by atoms with van der Waals surface area (Å²) in [6.45, 7) is 4.27. The number of hydrogen-bond acceptors (Lipinski definition) is 4. The lowest BCUT2D eigenvalue weighted by molar-refractivity contribution is 0.205. The van der Waals surface area contributed by atoms with Crippen LogP contribution < -0.4 is 5.32 Å². The highest BCUT2D eigenvalue weighted by atomic mass is 32.2. The Hall–Kier alpha value is -1.12. The van der Waals surface area contributed by atoms with E-state index in [1.807, 2.05) is 6.92 Å². The van der Waals surface area contributed by atoms with Gasteiger partial charge in [-0.3, -0.25) is 0 Å². The highest BCUT2D eigenvalue weighted by molar-refractivity contribution is 7.89. The van der Waals surface area contributed by atoms with Gasteiger partial charge >= 0.3 is 6.03 Å². The molecule has 0 radical (unpaired) electrons. The average Bonchev–Trinajstić information content (AvgIpc) is 3.15. The van der Waals surface area contributed by atoms with Gasteiger partial charge < -0.3 is 10.2 Å². The van der Waals surface area contributed by atoms with Gasteiger partial charge in [0.25, 0.3) is 0 Å². The van der Waals surface area contributed by atoms with E-state index in [1.54, 1.807) is 20.5 Å². The molecular formula is C14H21N3O3S2. The molecule has 2 saturated heterocycles. The number of sulfonamides is 1. The summed E-state index contributed by atoms with van der Waals surface area (Å²) in [7, 11) is -3.10. The number of nitrogens with zero attached hydrogens (tertiary/aromatic N) is 2. The lowest BCUT2D eigenvalue weighted by atomic mass is 10.2. The van der Waals surface area contributed by atoms with Crippen LogP contribution in [0.25, 0.3) is 0 Å². The number of urea groups is 1. The fraction of sp³-hybridized carbons (Fsp3) is 0.643. The van der Waals surface area contributed by atoms with Crippen molar-refractivity contribution in [1.82, 2.24) is 14.5 Å². The Labute approximate surface area is 135 Å². The number of aryl methyl sites for hydroxylation is 1. The number of hydrogen-bond donors (Lipinski definition) is 1. The summed E-state index contributed by atoms with van der Waals surface area (Å²) >= 11 is 1.63. The summed E-state index contributed by atoms with van der Waals surface area (Å²) < 4.78 is 25.5. The first-order valence-electron chi connectivity index (χ1n) is 7.52. The molecule has 3 rings (SSSR count). The molecule has 0 spiro atoms. The Morgan fingerprint density at radius 1 is 1.45 bits per heavy atom. The standard InChI is InChI=1S/C14H21N3O3S2/c1-11-7-13(21-10-11)8-15-14(18)16-5-3-12(9-16)17-4-2-6-22(17,19)20/h7,10,12H,2-6,8-9H2,1H3,(H,15,18). The molecule has 122 valence electrons. The smallest absolute Gasteiger partial charge is 0.317 e. The molecule has 1 aromatic rings. The molecule has 22 heavy (non-hydrogen) atoms. The number of nitrogens with one attached hydrogen (secondary N) is 1. The number of carbonyl (C=O) groups is 1. The minimum Gasteiger partial charge on any atom is -0.333 e. The van der Waals surface area contributed by atoms with E-state index in [2.05, 4.69) is 16.8 Å². The lowest BCUT2D eigenvalue weighted by Crippen LogP contribution is -2.42. The Kier molecular flexibility index (Phi) is 4.42. The number of likely N-dealkylation sites (tertiary alicyclic amines) is 1. The Bertz CT molecular complexity index is 656. The topological polar surface area (TPSA) is 69.7 Å². The van der Waals surface area contributed by atoms with Gasteiger partial charge in [-0.25, -0.2) is 13.2 Å². The van der Waals surface area contributed by atoms with E-state index in [1.165, 1.54) is 5.56 Å². The van der Waals surface area contributed by atoms with Gasteiger partial charge in [0.15, 0.2) is 0 Å². The number of carbonyl (C=O) groups excluding carboxylic acids is 1. The van der Waals surface area contributed by atoms with Crippen molar-refractivity contribution >= 4 is 27.4 Å². The maximum Gasteiger partial charge on any atom is 0.317 e. The molecule has 6 nitrogen and oxygen atoms in total. The molecule has 2 amide bonds. The highest BCUT2D eigenvalue weighted by Crippen LogP contribution is 2.24. The first kappa shape index (κ1) is 15.8. The first-order chi connectivity index (χ1) is 10.5. The Morgan fingerprint density at radius 3 is 2.91 bits per heavy atom. The van der Waals surface area contributed by atoms with Crippen molar-refractivity contribution < 1.29 is 13.2 Å². The summed E-state index contributed by atoms with van der Waals surface area (Å²) in [6.07, 6.45) is 1.42. The van der Waals surface area contributed by atoms with Crippen LogP contribution in [0.1, 0.15) is 23.3 Å². The molecule has 1 unspecified atom stereocenters. The largest absolute Gasteiger partial charge is 0.333 e. The predicted octanol–water partition coefficient (Wildman–Crippen LogP) is 1.38. The summed E-state index contributed by atoms with van der Waals surface area (Å²) in [5, 5.41) is 4.98. The number of thiophene rings is 1. The third-order valence-electron chi connectivity index (χ3n) is 4.19. The molecule has 0 bridgehead atoms. The second-order valence-corrected chi connectivity index (χ2v) is 8.95. The van der Waals surface area contributed by atoms with Crippen LogP contribution in [0.5, 0.6) is 0 Å². The monoisotopic (exact) mass is 343 g/mol. The van der Waals surface area contributed by atoms with E-state index in [-0.39, 0.29) is 17.8 Å². The van der Waals surface area contributed by atoms with Gasteiger partial charge in [0, 0.05) is 30.6 Å². The minimum atomic E-state index is -3.10. The van der Waals surface area contributed by atoms with Crippen LogP contribution in [0, 0.1) is 6.92 Å². The zero-order valence-electron chi connectivity index (χ0n) is 12.6. The van der Waals surface area contributed by atoms with Crippen LogP contribution in [0.2, 0.25) is 0 Å². The maximum atomic E-state index is 12.2. The molecular weight excluding hydrogens is 322 g/mol. The second-order valence-electron chi connectivity index (χ2n) is 5.92. The SMILES string of the molecule is Cc1csc(CNC(=O)N2CCC(N3CCCS3(=O)=O)C2)c1. The second kappa shape index (κ2) is 6.17. The first-order valence-corrected chi connectivity index (χ1v) is 10.0. The van der Waals surface area contributed by atoms with E-state index >= 15 is 0 Å². The zero-order chi connectivity index (χ0) is 15.7. The van der Waals surface area contributed by atoms with Crippen molar-refractivity contribution in [1.29, 1.82) is 0 Å². The molecule has 8 heteroatoms. The number of rotatable bonds is 3. The third-order valence-corrected chi connectivity index (χ3v) is 7.25. The molecule has 2 aliphatic heterocycles. The van der Waals surface area contributed by atoms with Crippen molar-refractivity contribution in [3.63, 3.8) is 0 Å². The lowest BCUT2D eigenvalue weighted by Gasteiger charge is -2.22. The van der Waals surface area contributed by atoms with E-state index in [4.69, 9.17) is 0 Å². The van der Waals surface area contributed by atoms with Crippen LogP contribution in [-0.2, 0) is 16.6 Å². The van der Waals surface area contributed by atoms with Crippen molar-refractivity contribution in [2.75, 3.05) is 25.4 Å². The molecule has 2 fully saturated rings. The summed E-state index contributed by atoms with van der Waals surface area (Å²) in [6, 6.07) is 1.90. The van der Waals surface area contributed by atoms with Crippen molar-refractivity contribution in [3.8, 4) is 0 Å². The minimum absolute atomic E-state index is 0.0535. The summed E-state index contributed by atoms with van der Waals surface area (Å²) in [5.41, 5.74) is 1.20. The van der Waals surface area contributed by atoms with Crippen LogP contribution in [0.4, 0.5) is 4.79 Å². The highest BCUT2D eigenvalue weighted by Gasteiger charge is 2.38. The summed E-state index contributed by atoms with van der Waals surface area (Å²) in [4.78, 5) is 15.0. The molecule has 0 aliphatic carbocycles. The van der Waals surface area contributed by atoms with Gasteiger partial charge in [0.2, 0.25) is 10.0 Å². The predicted molar refractivity (Wildman–Crippen MR) is 86.4 cm³/mol. The average molecular weight is 343 g/mol. The third kappa shape index (κ3) is 3.28. The van der Waals surface area contributed by atoms with Crippen LogP contribution >= 0.6 is 11.3 Å². The van der Waals surface area contributed by atoms with Gasteiger partial charge in [-0.2, -0.15) is 4.31 Å². The van der Waals surface area contributed by atoms with Gasteiger partial charge in [-0.1, -0.05) is 0 Å². The van der Waals surface area contributed by atoms with Crippen LogP contribution in [0.3, 0.4) is 0 Å². The van der Waals surface area contributed by atoms with Gasteiger partial charge in [-0.15, -0.1) is 11.3 Å². The zero-order valence-corrected chi connectivity index (χ0v) is 14.3. The van der Waals surface area contributed by atoms with Gasteiger partial charge in [0.05, 0.1) is 12.3 Å². The Balaban J connectivity index is 1.52. The van der Waals surface area contributed by atoms with E-state index in [9.17, 15) is 13.2 Å². The van der Waals surface area contributed by atoms with Gasteiger partial charge in [-0.05, 0) is 36.8 Å². The normalized spacial score (nSPS) is 24.8. The van der Waals surface area contributed by atoms with Crippen molar-refractivity contribution in [2.24, 2.45) is 0 Å². The van der Waals surface area contributed by atoms with E-state index in [0.717, 1.165) is 11.3 Å². The van der Waals surface area contributed by atoms with Crippen LogP contribution in [0.15, 0.2) is 11.4 Å². The summed E-state index contributed by atoms with van der Waals surface area (Å²) in [5.74, 6) is 0.243. The molecule has 0 aromatic carbocycles. The molecule has 1 atom stereocenters. The molecule has 3 heterocycles. The van der Waals surface area contributed by atoms with Crippen molar-refractivity contribution in [3.05, 3.63) is 21.9 Å².